The molecule has 0 saturated carbocycles. The predicted octanol–water partition coefficient (Wildman–Crippen LogP) is -6.59. The molecule has 0 aliphatic heterocycles. The van der Waals surface area contributed by atoms with E-state index in [1.165, 1.54) is 0 Å². The maximum atomic E-state index is 9.98. The smallest absolute Gasteiger partial charge is 0.316 e. The van der Waals surface area contributed by atoms with Gasteiger partial charge in [-0.1, -0.05) is 0 Å². The molecule has 0 atom stereocenters. The van der Waals surface area contributed by atoms with Crippen molar-refractivity contribution in [3.8, 4) is 0 Å². The van der Waals surface area contributed by atoms with Crippen molar-refractivity contribution in [2.24, 2.45) is 0 Å². The van der Waals surface area contributed by atoms with Gasteiger partial charge < -0.3 is 29.4 Å². The van der Waals surface area contributed by atoms with Gasteiger partial charge in [0.25, 0.3) is 0 Å². The summed E-state index contributed by atoms with van der Waals surface area (Å²) in [4.78, 5) is 9.98. The molecule has 13 heteroatoms. The van der Waals surface area contributed by atoms with Crippen molar-refractivity contribution in [3.63, 3.8) is 0 Å². The molecule has 0 aliphatic rings. The van der Waals surface area contributed by atoms with E-state index in [1.54, 1.807) is 0 Å². The van der Waals surface area contributed by atoms with Crippen LogP contribution in [0.2, 0.25) is 0 Å². The van der Waals surface area contributed by atoms with Crippen molar-refractivity contribution in [1.29, 1.82) is 0 Å². The zero-order valence-electron chi connectivity index (χ0n) is 4.67. The van der Waals surface area contributed by atoms with Crippen LogP contribution in [0.5, 0.6) is 0 Å². The van der Waals surface area contributed by atoms with E-state index >= 15 is 0 Å². The third-order valence-corrected chi connectivity index (χ3v) is 0.403. The molecule has 7 nitrogen and oxygen atoms in total. The quantitative estimate of drug-likeness (QED) is 0.373. The minimum absolute atomic E-state index is 0. The van der Waals surface area contributed by atoms with Gasteiger partial charge in [0.05, 0.1) is 0 Å². The van der Waals surface area contributed by atoms with Crippen molar-refractivity contribution in [3.05, 3.63) is 0 Å². The van der Waals surface area contributed by atoms with Gasteiger partial charge in [0, 0.05) is 0 Å². The summed E-state index contributed by atoms with van der Waals surface area (Å²) in [6, 6.07) is 0. The number of hydrogen-bond donors (Lipinski definition) is 4. The third-order valence-electron chi connectivity index (χ3n) is 0.403. The molecule has 0 aliphatic carbocycles. The van der Waals surface area contributed by atoms with E-state index in [4.69, 9.17) is 20.1 Å². The van der Waals surface area contributed by atoms with Crippen molar-refractivity contribution >= 4 is 142 Å². The molecule has 0 saturated heterocycles. The summed E-state index contributed by atoms with van der Waals surface area (Å²) in [5.74, 6) is 0. The van der Waals surface area contributed by atoms with E-state index in [2.05, 4.69) is 9.31 Å². The molecule has 0 bridgehead atoms. The van der Waals surface area contributed by atoms with Gasteiger partial charge >= 0.3 is 142 Å². The van der Waals surface area contributed by atoms with Crippen molar-refractivity contribution in [2.75, 3.05) is 0 Å². The number of carbonyl (C=O) groups is 1. The second-order valence-corrected chi connectivity index (χ2v) is 1.14. The van der Waals surface area contributed by atoms with Gasteiger partial charge in [0.15, 0.2) is 0 Å². The van der Waals surface area contributed by atoms with Gasteiger partial charge in [0.1, 0.15) is 0 Å². The molecule has 0 fully saturated rings. The Labute approximate surface area is 173 Å². The molecule has 0 heterocycles. The van der Waals surface area contributed by atoms with Crippen molar-refractivity contribution < 1.29 is 34.2 Å². The maximum absolute atomic E-state index is 9.98. The molecule has 0 rings (SSSR count). The Morgan fingerprint density at radius 2 is 1.07 bits per heavy atom. The van der Waals surface area contributed by atoms with Crippen LogP contribution < -0.4 is 0 Å². The average molecular weight is 286 g/mol. The number of rotatable bonds is 2. The van der Waals surface area contributed by atoms with Crippen LogP contribution in [-0.4, -0.2) is 162 Å². The summed E-state index contributed by atoms with van der Waals surface area (Å²) in [5, 5.41) is 31.6. The molecule has 0 spiro atoms. The molecule has 4 N–H and O–H groups in total. The first-order valence-corrected chi connectivity index (χ1v) is 2.12. The van der Waals surface area contributed by atoms with Gasteiger partial charge in [0.2, 0.25) is 0 Å². The largest absolute Gasteiger partial charge is 0.316 e. The number of hydrogen-bond acceptors (Lipinski definition) is 7. The summed E-state index contributed by atoms with van der Waals surface area (Å²) in [7, 11) is -4.66. The van der Waals surface area contributed by atoms with Crippen molar-refractivity contribution in [2.45, 2.75) is 0 Å². The van der Waals surface area contributed by atoms with Gasteiger partial charge in [-0.25, -0.2) is 4.79 Å². The van der Waals surface area contributed by atoms with Crippen LogP contribution >= 0.6 is 0 Å². The van der Waals surface area contributed by atoms with E-state index in [0.29, 0.717) is 0 Å². The summed E-state index contributed by atoms with van der Waals surface area (Å²) in [5.41, 5.74) is 0. The first-order valence-electron chi connectivity index (χ1n) is 2.12. The van der Waals surface area contributed by atoms with Crippen LogP contribution in [0.15, 0.2) is 0 Å². The summed E-state index contributed by atoms with van der Waals surface area (Å²) < 4.78 is 6.98. The first kappa shape index (κ1) is 30.4. The van der Waals surface area contributed by atoms with Gasteiger partial charge in [-0.2, -0.15) is 0 Å². The molecular weight excluding hydrogens is 274 g/mol. The second-order valence-electron chi connectivity index (χ2n) is 1.14. The Bertz CT molecular complexity index is 114. The van der Waals surface area contributed by atoms with Gasteiger partial charge in [-0.15, -0.1) is 0 Å². The Kier molecular flexibility index (Phi) is 40.5. The predicted molar refractivity (Wildman–Crippen MR) is 62.1 cm³/mol. The Balaban J connectivity index is -0.0000000675. The minimum atomic E-state index is -2.33. The molecular formula is CH12B2Ca2Mg2O7. The number of carbonyl (C=O) groups excluding carboxylic acids is 1. The Morgan fingerprint density at radius 3 is 1.21 bits per heavy atom. The van der Waals surface area contributed by atoms with Crippen LogP contribution in [0.1, 0.15) is 0 Å². The average Bonchev–Trinajstić information content (AvgIpc) is 1.58. The third kappa shape index (κ3) is 24.5. The minimum Gasteiger partial charge on any atom is 0.316 e. The zero-order chi connectivity index (χ0) is 8.15. The van der Waals surface area contributed by atoms with E-state index in [-0.39, 0.29) is 122 Å². The second kappa shape index (κ2) is 18.7. The van der Waals surface area contributed by atoms with Crippen LogP contribution in [0.4, 0.5) is 4.79 Å². The van der Waals surface area contributed by atoms with Crippen molar-refractivity contribution in [1.82, 2.24) is 0 Å². The normalized spacial score (nSPS) is 6.00. The summed E-state index contributed by atoms with van der Waals surface area (Å²) in [6.45, 7) is 0. The molecule has 0 aromatic carbocycles. The standard InChI is InChI=1S/CH4B2O7.2Ca.2Mg.8H/c4-1(9-2(5)6)10-3(7)8;;;;;;;;;;;;/h5-8H;;;;;;;;;;;;. The Hall–Kier alpha value is 3.29. The van der Waals surface area contributed by atoms with E-state index in [9.17, 15) is 4.79 Å². The zero-order valence-corrected chi connectivity index (χ0v) is 4.67. The van der Waals surface area contributed by atoms with E-state index in [0.717, 1.165) is 0 Å². The molecule has 72 valence electrons. The topological polar surface area (TPSA) is 116 Å². The Morgan fingerprint density at radius 1 is 0.857 bits per heavy atom. The molecule has 0 unspecified atom stereocenters. The fourth-order valence-electron chi connectivity index (χ4n) is 0.200. The maximum Gasteiger partial charge on any atom is 0.316 e. The fraction of sp³-hybridized carbons (Fsp3) is 0. The monoisotopic (exact) mass is 286 g/mol. The first-order chi connectivity index (χ1) is 4.52. The molecule has 0 amide bonds. The van der Waals surface area contributed by atoms with E-state index < -0.39 is 20.8 Å². The van der Waals surface area contributed by atoms with Crippen LogP contribution in [0, 0.1) is 0 Å². The summed E-state index contributed by atoms with van der Waals surface area (Å²) in [6.07, 6.45) is -1.59. The fourth-order valence-corrected chi connectivity index (χ4v) is 0.200. The van der Waals surface area contributed by atoms with Crippen LogP contribution in [0.25, 0.3) is 0 Å². The van der Waals surface area contributed by atoms with Crippen LogP contribution in [-0.2, 0) is 9.31 Å². The van der Waals surface area contributed by atoms with Gasteiger partial charge in [-0.3, -0.25) is 0 Å². The molecule has 14 heavy (non-hydrogen) atoms. The van der Waals surface area contributed by atoms with E-state index in [1.807, 2.05) is 0 Å². The molecule has 0 aromatic heterocycles. The molecule has 0 radical (unpaired) electrons. The molecule has 0 aromatic rings. The van der Waals surface area contributed by atoms with Crippen LogP contribution in [0.3, 0.4) is 0 Å². The SMILES string of the molecule is O=C(OB(O)O)OB(O)O.[CaH2].[CaH2].[MgH2].[MgH2]. The van der Waals surface area contributed by atoms with Gasteiger partial charge in [-0.05, 0) is 0 Å². The summed E-state index contributed by atoms with van der Waals surface area (Å²) >= 11 is 0.